The summed E-state index contributed by atoms with van der Waals surface area (Å²) in [5.74, 6) is 1.47. The van der Waals surface area contributed by atoms with Crippen LogP contribution in [0.1, 0.15) is 61.3 Å². The lowest BCUT2D eigenvalue weighted by molar-refractivity contribution is 0.268. The second kappa shape index (κ2) is 6.63. The van der Waals surface area contributed by atoms with E-state index in [9.17, 15) is 0 Å². The molecule has 0 radical (unpaired) electrons. The summed E-state index contributed by atoms with van der Waals surface area (Å²) in [4.78, 5) is 0. The number of aryl methyl sites for hydroxylation is 2. The van der Waals surface area contributed by atoms with Crippen LogP contribution in [0.2, 0.25) is 0 Å². The van der Waals surface area contributed by atoms with Gasteiger partial charge in [0.15, 0.2) is 0 Å². The van der Waals surface area contributed by atoms with Gasteiger partial charge in [0.05, 0.1) is 0 Å². The number of fused-ring (bicyclic) bond motifs is 4. The van der Waals surface area contributed by atoms with E-state index in [1.54, 1.807) is 11.1 Å². The Morgan fingerprint density at radius 2 is 1.88 bits per heavy atom. The highest BCUT2D eigenvalue weighted by Gasteiger charge is 2.39. The molecule has 24 heavy (non-hydrogen) atoms. The van der Waals surface area contributed by atoms with Gasteiger partial charge in [0.2, 0.25) is 0 Å². The van der Waals surface area contributed by atoms with Crippen LogP contribution in [0.5, 0.6) is 0 Å². The van der Waals surface area contributed by atoms with E-state index in [1.165, 1.54) is 42.5 Å². The van der Waals surface area contributed by atoms with Crippen molar-refractivity contribution in [3.05, 3.63) is 64.7 Å². The Kier molecular flexibility index (Phi) is 4.35. The van der Waals surface area contributed by atoms with Crippen LogP contribution in [0.3, 0.4) is 0 Å². The summed E-state index contributed by atoms with van der Waals surface area (Å²) in [6.07, 6.45) is 7.55. The predicted molar refractivity (Wildman–Crippen MR) is 103 cm³/mol. The Hall–Kier alpha value is -1.76. The van der Waals surface area contributed by atoms with Gasteiger partial charge >= 0.3 is 0 Å². The number of anilines is 1. The van der Waals surface area contributed by atoms with E-state index in [0.29, 0.717) is 12.0 Å². The van der Waals surface area contributed by atoms with Crippen LogP contribution < -0.4 is 5.32 Å². The fourth-order valence-electron chi connectivity index (χ4n) is 4.91. The van der Waals surface area contributed by atoms with Crippen molar-refractivity contribution in [1.82, 2.24) is 0 Å². The van der Waals surface area contributed by atoms with Crippen molar-refractivity contribution in [1.29, 1.82) is 0 Å². The molecule has 2 aromatic rings. The minimum absolute atomic E-state index is 0.603. The molecule has 2 aliphatic carbocycles. The molecule has 4 rings (SSSR count). The van der Waals surface area contributed by atoms with E-state index in [1.807, 2.05) is 0 Å². The Labute approximate surface area is 146 Å². The third kappa shape index (κ3) is 2.75. The lowest BCUT2D eigenvalue weighted by Gasteiger charge is -2.44. The minimum atomic E-state index is 0.603. The van der Waals surface area contributed by atoms with Crippen LogP contribution in [0.25, 0.3) is 0 Å². The van der Waals surface area contributed by atoms with E-state index in [4.69, 9.17) is 0 Å². The van der Waals surface area contributed by atoms with Crippen molar-refractivity contribution >= 4 is 5.69 Å². The first kappa shape index (κ1) is 15.7. The summed E-state index contributed by atoms with van der Waals surface area (Å²) in [7, 11) is 0. The topological polar surface area (TPSA) is 12.0 Å². The van der Waals surface area contributed by atoms with Crippen LogP contribution in [0, 0.1) is 5.92 Å². The first-order valence-electron chi connectivity index (χ1n) is 9.76. The first-order valence-corrected chi connectivity index (χ1v) is 9.76. The number of hydrogen-bond donors (Lipinski definition) is 1. The quantitative estimate of drug-likeness (QED) is 0.758. The van der Waals surface area contributed by atoms with Gasteiger partial charge in [-0.25, -0.2) is 0 Å². The molecule has 1 N–H and O–H groups in total. The van der Waals surface area contributed by atoms with Gasteiger partial charge in [0.25, 0.3) is 0 Å². The lowest BCUT2D eigenvalue weighted by Crippen LogP contribution is -2.43. The third-order valence-corrected chi connectivity index (χ3v) is 6.25. The molecule has 0 spiro atoms. The SMILES string of the molecule is CCc1ccc(CC)c(NC2C3CCCC2c2ccccc2C3)c1. The Balaban J connectivity index is 1.68. The van der Waals surface area contributed by atoms with Crippen molar-refractivity contribution in [2.24, 2.45) is 5.92 Å². The normalized spacial score (nSPS) is 25.2. The van der Waals surface area contributed by atoms with Crippen molar-refractivity contribution < 1.29 is 0 Å². The Morgan fingerprint density at radius 1 is 1.00 bits per heavy atom. The molecule has 1 fully saturated rings. The molecule has 0 amide bonds. The van der Waals surface area contributed by atoms with Gasteiger partial charge in [0.1, 0.15) is 0 Å². The van der Waals surface area contributed by atoms with Gasteiger partial charge in [0, 0.05) is 17.6 Å². The Bertz CT molecular complexity index is 718. The summed E-state index contributed by atoms with van der Waals surface area (Å²) >= 11 is 0. The van der Waals surface area contributed by atoms with E-state index in [-0.39, 0.29) is 0 Å². The Morgan fingerprint density at radius 3 is 2.71 bits per heavy atom. The fourth-order valence-corrected chi connectivity index (χ4v) is 4.91. The zero-order chi connectivity index (χ0) is 16.5. The molecular formula is C23H29N. The first-order chi connectivity index (χ1) is 11.8. The van der Waals surface area contributed by atoms with Crippen LogP contribution in [-0.4, -0.2) is 6.04 Å². The van der Waals surface area contributed by atoms with Crippen molar-refractivity contribution in [2.45, 2.75) is 64.3 Å². The average molecular weight is 319 g/mol. The van der Waals surface area contributed by atoms with E-state index in [2.05, 4.69) is 61.6 Å². The molecule has 126 valence electrons. The largest absolute Gasteiger partial charge is 0.381 e. The zero-order valence-corrected chi connectivity index (χ0v) is 15.0. The van der Waals surface area contributed by atoms with Gasteiger partial charge in [-0.3, -0.25) is 0 Å². The standard InChI is InChI=1S/C23H29N/c1-3-16-12-13-17(4-2)22(14-16)24-23-19-9-7-11-21(23)20-10-6-5-8-18(20)15-19/h5-6,8,10,12-14,19,21,23-24H,3-4,7,9,11,15H2,1-2H3. The molecule has 3 atom stereocenters. The minimum Gasteiger partial charge on any atom is -0.381 e. The highest BCUT2D eigenvalue weighted by atomic mass is 14.9. The van der Waals surface area contributed by atoms with Crippen molar-refractivity contribution in [3.8, 4) is 0 Å². The molecule has 1 saturated carbocycles. The third-order valence-electron chi connectivity index (χ3n) is 6.25. The summed E-state index contributed by atoms with van der Waals surface area (Å²) in [6.45, 7) is 4.51. The van der Waals surface area contributed by atoms with E-state index >= 15 is 0 Å². The van der Waals surface area contributed by atoms with Gasteiger partial charge in [-0.05, 0) is 66.3 Å². The van der Waals surface area contributed by atoms with Gasteiger partial charge < -0.3 is 5.32 Å². The molecule has 1 heteroatoms. The van der Waals surface area contributed by atoms with Crippen LogP contribution in [-0.2, 0) is 19.3 Å². The predicted octanol–water partition coefficient (Wildman–Crippen LogP) is 5.73. The second-order valence-electron chi connectivity index (χ2n) is 7.57. The number of nitrogens with one attached hydrogen (secondary N) is 1. The molecule has 3 unspecified atom stereocenters. The van der Waals surface area contributed by atoms with E-state index < -0.39 is 0 Å². The maximum atomic E-state index is 4.02. The van der Waals surface area contributed by atoms with Gasteiger partial charge in [-0.1, -0.05) is 56.7 Å². The maximum Gasteiger partial charge on any atom is 0.0377 e. The van der Waals surface area contributed by atoms with Crippen LogP contribution in [0.4, 0.5) is 5.69 Å². The second-order valence-corrected chi connectivity index (χ2v) is 7.57. The molecule has 1 nitrogen and oxygen atoms in total. The highest BCUT2D eigenvalue weighted by Crippen LogP contribution is 2.45. The highest BCUT2D eigenvalue weighted by molar-refractivity contribution is 5.55. The summed E-state index contributed by atoms with van der Waals surface area (Å²) in [6, 6.07) is 16.8. The molecule has 0 heterocycles. The van der Waals surface area contributed by atoms with Crippen molar-refractivity contribution in [3.63, 3.8) is 0 Å². The van der Waals surface area contributed by atoms with Gasteiger partial charge in [-0.2, -0.15) is 0 Å². The summed E-state index contributed by atoms with van der Waals surface area (Å²) in [5.41, 5.74) is 7.50. The maximum absolute atomic E-state index is 4.02. The number of hydrogen-bond acceptors (Lipinski definition) is 1. The molecule has 0 aromatic heterocycles. The number of benzene rings is 2. The number of rotatable bonds is 4. The monoisotopic (exact) mass is 319 g/mol. The van der Waals surface area contributed by atoms with Crippen LogP contribution >= 0.6 is 0 Å². The molecule has 0 saturated heterocycles. The fraction of sp³-hybridized carbons (Fsp3) is 0.478. The summed E-state index contributed by atoms with van der Waals surface area (Å²) in [5, 5.41) is 4.02. The molecule has 2 aromatic carbocycles. The molecule has 2 aliphatic rings. The average Bonchev–Trinajstić information content (AvgIpc) is 2.62. The smallest absolute Gasteiger partial charge is 0.0377 e. The van der Waals surface area contributed by atoms with E-state index in [0.717, 1.165) is 18.8 Å². The van der Waals surface area contributed by atoms with Crippen LogP contribution in [0.15, 0.2) is 42.5 Å². The molecule has 0 aliphatic heterocycles. The lowest BCUT2D eigenvalue weighted by atomic mass is 9.66. The zero-order valence-electron chi connectivity index (χ0n) is 15.0. The van der Waals surface area contributed by atoms with Crippen molar-refractivity contribution in [2.75, 3.05) is 5.32 Å². The molecular weight excluding hydrogens is 290 g/mol. The van der Waals surface area contributed by atoms with Gasteiger partial charge in [-0.15, -0.1) is 0 Å². The summed E-state index contributed by atoms with van der Waals surface area (Å²) < 4.78 is 0. The molecule has 2 bridgehead atoms.